The minimum Gasteiger partial charge on any atom is -0.370 e. The molecule has 0 unspecified atom stereocenters. The summed E-state index contributed by atoms with van der Waals surface area (Å²) in [7, 11) is 0. The highest BCUT2D eigenvalue weighted by Crippen LogP contribution is 2.29. The average Bonchev–Trinajstić information content (AvgIpc) is 2.91. The smallest absolute Gasteiger partial charge is 0.323 e. The number of aryl methyl sites for hydroxylation is 1. The molecule has 0 aliphatic carbocycles. The lowest BCUT2D eigenvalue weighted by Crippen LogP contribution is -3.14. The molecule has 1 aliphatic heterocycles. The van der Waals surface area contributed by atoms with Crippen molar-refractivity contribution >= 4 is 23.4 Å². The van der Waals surface area contributed by atoms with Crippen molar-refractivity contribution in [3.05, 3.63) is 15.8 Å². The molecule has 0 atom stereocenters. The van der Waals surface area contributed by atoms with Crippen LogP contribution in [0.1, 0.15) is 12.1 Å². The molecule has 2 heterocycles. The molecule has 10 heteroatoms. The highest BCUT2D eigenvalue weighted by Gasteiger charge is 2.22. The summed E-state index contributed by atoms with van der Waals surface area (Å²) in [6.07, 6.45) is 0.910. The van der Waals surface area contributed by atoms with E-state index < -0.39 is 4.92 Å². The fourth-order valence-corrected chi connectivity index (χ4v) is 3.22. The average molecular weight is 344 g/mol. The topological polar surface area (TPSA) is 115 Å². The number of nitrogens with one attached hydrogen (secondary N) is 3. The first kappa shape index (κ1) is 17.7. The van der Waals surface area contributed by atoms with Gasteiger partial charge in [-0.15, -0.1) is 0 Å². The van der Waals surface area contributed by atoms with Crippen LogP contribution in [0.4, 0.5) is 5.69 Å². The fourth-order valence-electron chi connectivity index (χ4n) is 2.38. The minimum absolute atomic E-state index is 0.0567. The molecule has 23 heavy (non-hydrogen) atoms. The zero-order chi connectivity index (χ0) is 16.7. The number of hydrogen-bond donors (Lipinski definition) is 3. The summed E-state index contributed by atoms with van der Waals surface area (Å²) >= 11 is 1.07. The lowest BCUT2D eigenvalue weighted by Gasteiger charge is -2.23. The molecule has 1 amide bonds. The number of rotatable bonds is 8. The first-order valence-corrected chi connectivity index (χ1v) is 8.56. The monoisotopic (exact) mass is 344 g/mol. The van der Waals surface area contributed by atoms with Crippen molar-refractivity contribution in [2.45, 2.75) is 18.4 Å². The Hall–Kier alpha value is -1.65. The van der Waals surface area contributed by atoms with Gasteiger partial charge in [0.15, 0.2) is 5.03 Å². The molecule has 0 aromatic carbocycles. The van der Waals surface area contributed by atoms with E-state index in [0.717, 1.165) is 51.0 Å². The number of nitrogens with zero attached hydrogens (tertiary/aromatic N) is 2. The number of aromatic nitrogens is 2. The number of thioether (sulfide) groups is 1. The molecule has 2 rings (SSSR count). The number of hydrogen-bond acceptors (Lipinski definition) is 6. The lowest BCUT2D eigenvalue weighted by atomic mass is 10.3. The van der Waals surface area contributed by atoms with E-state index in [1.165, 1.54) is 4.90 Å². The predicted octanol–water partition coefficient (Wildman–Crippen LogP) is -0.860. The number of carbonyl (C=O) groups excluding carboxylic acids is 1. The maximum atomic E-state index is 11.8. The van der Waals surface area contributed by atoms with Crippen LogP contribution in [0, 0.1) is 17.0 Å². The molecule has 3 N–H and O–H groups in total. The number of amides is 1. The van der Waals surface area contributed by atoms with Gasteiger partial charge in [-0.3, -0.25) is 20.0 Å². The van der Waals surface area contributed by atoms with Crippen LogP contribution in [-0.2, 0) is 9.53 Å². The third kappa shape index (κ3) is 5.48. The summed E-state index contributed by atoms with van der Waals surface area (Å²) in [6, 6.07) is 0. The molecule has 1 aliphatic rings. The highest BCUT2D eigenvalue weighted by atomic mass is 32.2. The third-order valence-corrected chi connectivity index (χ3v) is 4.60. The molecule has 1 fully saturated rings. The SMILES string of the molecule is Cc1[nH]nc(SCC(=O)NCCC[NH+]2CCOCC2)c1[N+](=O)[O-]. The molecule has 1 saturated heterocycles. The lowest BCUT2D eigenvalue weighted by molar-refractivity contribution is -0.908. The van der Waals surface area contributed by atoms with Crippen LogP contribution in [0.5, 0.6) is 0 Å². The van der Waals surface area contributed by atoms with E-state index >= 15 is 0 Å². The molecule has 0 spiro atoms. The summed E-state index contributed by atoms with van der Waals surface area (Å²) in [5.74, 6) is -0.0165. The van der Waals surface area contributed by atoms with Gasteiger partial charge in [-0.25, -0.2) is 0 Å². The number of quaternary nitrogens is 1. The van der Waals surface area contributed by atoms with E-state index in [0.29, 0.717) is 12.2 Å². The second-order valence-corrected chi connectivity index (χ2v) is 6.33. The number of aromatic amines is 1. The molecular formula is C13H22N5O4S+. The molecule has 1 aromatic heterocycles. The molecule has 0 radical (unpaired) electrons. The Balaban J connectivity index is 1.64. The van der Waals surface area contributed by atoms with Crippen molar-refractivity contribution in [1.82, 2.24) is 15.5 Å². The number of carbonyl (C=O) groups is 1. The number of morpholine rings is 1. The Morgan fingerprint density at radius 3 is 2.96 bits per heavy atom. The standard InChI is InChI=1S/C13H21N5O4S/c1-10-12(18(20)21)13(16-15-10)23-9-11(19)14-3-2-4-17-5-7-22-8-6-17/h2-9H2,1H3,(H,14,19)(H,15,16)/p+1. The second kappa shape index (κ2) is 8.85. The number of nitro groups is 1. The van der Waals surface area contributed by atoms with Crippen molar-refractivity contribution in [2.24, 2.45) is 0 Å². The quantitative estimate of drug-likeness (QED) is 0.245. The van der Waals surface area contributed by atoms with Crippen molar-refractivity contribution < 1.29 is 19.4 Å². The van der Waals surface area contributed by atoms with Crippen LogP contribution in [0.2, 0.25) is 0 Å². The van der Waals surface area contributed by atoms with E-state index in [9.17, 15) is 14.9 Å². The van der Waals surface area contributed by atoms with E-state index in [1.54, 1.807) is 6.92 Å². The van der Waals surface area contributed by atoms with Gasteiger partial charge in [0.1, 0.15) is 18.8 Å². The van der Waals surface area contributed by atoms with Gasteiger partial charge in [0.05, 0.1) is 30.4 Å². The maximum Gasteiger partial charge on any atom is 0.323 e. The fraction of sp³-hybridized carbons (Fsp3) is 0.692. The van der Waals surface area contributed by atoms with E-state index in [-0.39, 0.29) is 22.4 Å². The van der Waals surface area contributed by atoms with Gasteiger partial charge in [0.2, 0.25) is 5.91 Å². The van der Waals surface area contributed by atoms with Gasteiger partial charge in [-0.1, -0.05) is 11.8 Å². The Kier molecular flexibility index (Phi) is 6.81. The zero-order valence-electron chi connectivity index (χ0n) is 13.1. The van der Waals surface area contributed by atoms with Crippen LogP contribution >= 0.6 is 11.8 Å². The van der Waals surface area contributed by atoms with Crippen LogP contribution in [0.3, 0.4) is 0 Å². The molecule has 128 valence electrons. The summed E-state index contributed by atoms with van der Waals surface area (Å²) in [4.78, 5) is 23.7. The Labute approximate surface area is 138 Å². The first-order valence-electron chi connectivity index (χ1n) is 7.58. The van der Waals surface area contributed by atoms with Crippen molar-refractivity contribution in [3.63, 3.8) is 0 Å². The molecule has 1 aromatic rings. The van der Waals surface area contributed by atoms with E-state index in [2.05, 4.69) is 15.5 Å². The Morgan fingerprint density at radius 1 is 1.52 bits per heavy atom. The highest BCUT2D eigenvalue weighted by molar-refractivity contribution is 8.00. The normalized spacial score (nSPS) is 15.5. The maximum absolute atomic E-state index is 11.8. The van der Waals surface area contributed by atoms with Gasteiger partial charge < -0.3 is 15.0 Å². The predicted molar refractivity (Wildman–Crippen MR) is 84.7 cm³/mol. The summed E-state index contributed by atoms with van der Waals surface area (Å²) in [6.45, 7) is 6.87. The van der Waals surface area contributed by atoms with Crippen LogP contribution < -0.4 is 10.2 Å². The summed E-state index contributed by atoms with van der Waals surface area (Å²) in [5, 5.41) is 20.5. The molecule has 0 bridgehead atoms. The van der Waals surface area contributed by atoms with Crippen LogP contribution in [-0.4, -0.2) is 66.2 Å². The van der Waals surface area contributed by atoms with Gasteiger partial charge in [-0.05, 0) is 6.92 Å². The molecule has 0 saturated carbocycles. The minimum atomic E-state index is -0.482. The van der Waals surface area contributed by atoms with E-state index in [4.69, 9.17) is 4.74 Å². The van der Waals surface area contributed by atoms with E-state index in [1.807, 2.05) is 0 Å². The Bertz CT molecular complexity index is 544. The summed E-state index contributed by atoms with van der Waals surface area (Å²) in [5.41, 5.74) is 0.338. The first-order chi connectivity index (χ1) is 11.1. The number of H-pyrrole nitrogens is 1. The largest absolute Gasteiger partial charge is 0.370 e. The third-order valence-electron chi connectivity index (χ3n) is 3.63. The zero-order valence-corrected chi connectivity index (χ0v) is 13.9. The van der Waals surface area contributed by atoms with Gasteiger partial charge >= 0.3 is 5.69 Å². The van der Waals surface area contributed by atoms with Gasteiger partial charge in [0.25, 0.3) is 0 Å². The molecular weight excluding hydrogens is 322 g/mol. The number of ether oxygens (including phenoxy) is 1. The van der Waals surface area contributed by atoms with Crippen LogP contribution in [0.15, 0.2) is 5.03 Å². The summed E-state index contributed by atoms with van der Waals surface area (Å²) < 4.78 is 5.30. The second-order valence-electron chi connectivity index (χ2n) is 5.36. The van der Waals surface area contributed by atoms with Crippen molar-refractivity contribution in [3.8, 4) is 0 Å². The van der Waals surface area contributed by atoms with Crippen molar-refractivity contribution in [2.75, 3.05) is 45.1 Å². The van der Waals surface area contributed by atoms with Crippen LogP contribution in [0.25, 0.3) is 0 Å². The molecule has 9 nitrogen and oxygen atoms in total. The van der Waals surface area contributed by atoms with Gasteiger partial charge in [-0.2, -0.15) is 5.10 Å². The van der Waals surface area contributed by atoms with Crippen molar-refractivity contribution in [1.29, 1.82) is 0 Å². The Morgan fingerprint density at radius 2 is 2.26 bits per heavy atom. The van der Waals surface area contributed by atoms with Gasteiger partial charge in [0, 0.05) is 13.0 Å².